The van der Waals surface area contributed by atoms with Crippen molar-refractivity contribution in [3.8, 4) is 0 Å². The van der Waals surface area contributed by atoms with Crippen LogP contribution in [0, 0.1) is 5.82 Å². The summed E-state index contributed by atoms with van der Waals surface area (Å²) in [5, 5.41) is 0. The van der Waals surface area contributed by atoms with Gasteiger partial charge in [-0.05, 0) is 35.6 Å². The van der Waals surface area contributed by atoms with E-state index in [2.05, 4.69) is 0 Å². The minimum Gasteiger partial charge on any atom is -0.212 e. The van der Waals surface area contributed by atoms with E-state index in [1.54, 1.807) is 4.31 Å². The molecule has 5 heteroatoms. The Bertz CT molecular complexity index is 729. The normalized spacial score (nSPS) is 19.4. The van der Waals surface area contributed by atoms with Crippen molar-refractivity contribution in [1.82, 2.24) is 4.31 Å². The Morgan fingerprint density at radius 2 is 1.73 bits per heavy atom. The third-order valence-electron chi connectivity index (χ3n) is 4.08. The first-order valence-corrected chi connectivity index (χ1v) is 8.93. The van der Waals surface area contributed by atoms with Crippen molar-refractivity contribution < 1.29 is 12.8 Å². The summed E-state index contributed by atoms with van der Waals surface area (Å²) in [6.07, 6.45) is 0.840. The van der Waals surface area contributed by atoms with Crippen LogP contribution in [0.2, 0.25) is 0 Å². The molecule has 3 nitrogen and oxygen atoms in total. The van der Waals surface area contributed by atoms with Gasteiger partial charge in [-0.2, -0.15) is 0 Å². The number of nitrogens with zero attached hydrogens (tertiary/aromatic N) is 1. The van der Waals surface area contributed by atoms with Crippen LogP contribution >= 0.6 is 0 Å². The van der Waals surface area contributed by atoms with E-state index in [4.69, 9.17) is 0 Å². The van der Waals surface area contributed by atoms with Crippen LogP contribution in [0.1, 0.15) is 23.5 Å². The molecule has 1 saturated heterocycles. The molecule has 116 valence electrons. The van der Waals surface area contributed by atoms with E-state index < -0.39 is 10.0 Å². The molecular weight excluding hydrogens is 301 g/mol. The number of hydrogen-bond acceptors (Lipinski definition) is 2. The molecule has 0 aliphatic carbocycles. The van der Waals surface area contributed by atoms with E-state index in [9.17, 15) is 12.8 Å². The Labute approximate surface area is 130 Å². The Morgan fingerprint density at radius 1 is 1.05 bits per heavy atom. The monoisotopic (exact) mass is 319 g/mol. The molecule has 0 aromatic heterocycles. The fraction of sp³-hybridized carbons (Fsp3) is 0.294. The first-order chi connectivity index (χ1) is 10.5. The van der Waals surface area contributed by atoms with E-state index >= 15 is 0 Å². The van der Waals surface area contributed by atoms with Crippen molar-refractivity contribution in [3.63, 3.8) is 0 Å². The zero-order valence-corrected chi connectivity index (χ0v) is 13.0. The zero-order valence-electron chi connectivity index (χ0n) is 12.2. The molecule has 1 atom stereocenters. The highest BCUT2D eigenvalue weighted by Gasteiger charge is 2.31. The summed E-state index contributed by atoms with van der Waals surface area (Å²) in [5.74, 6) is -0.176. The van der Waals surface area contributed by atoms with Gasteiger partial charge in [0.2, 0.25) is 10.0 Å². The van der Waals surface area contributed by atoms with Gasteiger partial charge in [0.15, 0.2) is 0 Å². The predicted octanol–water partition coefficient (Wildman–Crippen LogP) is 3.15. The molecule has 0 spiro atoms. The number of halogens is 1. The zero-order chi connectivity index (χ0) is 15.6. The molecule has 1 unspecified atom stereocenters. The highest BCUT2D eigenvalue weighted by Crippen LogP contribution is 2.29. The number of rotatable bonds is 4. The Hall–Kier alpha value is -1.72. The molecule has 0 amide bonds. The van der Waals surface area contributed by atoms with Gasteiger partial charge in [0.25, 0.3) is 0 Å². The highest BCUT2D eigenvalue weighted by atomic mass is 32.2. The molecule has 2 aromatic rings. The Kier molecular flexibility index (Phi) is 4.27. The SMILES string of the molecule is O=S(=O)(Cc1ccc(F)cc1)N1CCC(c2ccccc2)C1. The summed E-state index contributed by atoms with van der Waals surface area (Å²) in [6, 6.07) is 15.6. The van der Waals surface area contributed by atoms with Crippen LogP contribution < -0.4 is 0 Å². The second-order valence-electron chi connectivity index (χ2n) is 5.64. The maximum absolute atomic E-state index is 12.9. The van der Waals surface area contributed by atoms with Gasteiger partial charge in [-0.15, -0.1) is 0 Å². The van der Waals surface area contributed by atoms with Gasteiger partial charge in [0.05, 0.1) is 5.75 Å². The van der Waals surface area contributed by atoms with Crippen molar-refractivity contribution >= 4 is 10.0 Å². The summed E-state index contributed by atoms with van der Waals surface area (Å²) in [6.45, 7) is 1.07. The quantitative estimate of drug-likeness (QED) is 0.868. The fourth-order valence-corrected chi connectivity index (χ4v) is 4.45. The van der Waals surface area contributed by atoms with Crippen LogP contribution in [0.25, 0.3) is 0 Å². The molecule has 22 heavy (non-hydrogen) atoms. The molecule has 2 aromatic carbocycles. The lowest BCUT2D eigenvalue weighted by atomic mass is 9.99. The van der Waals surface area contributed by atoms with Gasteiger partial charge in [0, 0.05) is 13.1 Å². The van der Waals surface area contributed by atoms with Crippen molar-refractivity contribution in [2.75, 3.05) is 13.1 Å². The maximum Gasteiger partial charge on any atom is 0.218 e. The molecule has 1 fully saturated rings. The van der Waals surface area contributed by atoms with Crippen LogP contribution in [-0.4, -0.2) is 25.8 Å². The first kappa shape index (κ1) is 15.2. The summed E-state index contributed by atoms with van der Waals surface area (Å²) in [5.41, 5.74) is 1.80. The number of hydrogen-bond donors (Lipinski definition) is 0. The second kappa shape index (κ2) is 6.18. The van der Waals surface area contributed by atoms with Crippen LogP contribution in [-0.2, 0) is 15.8 Å². The van der Waals surface area contributed by atoms with Crippen LogP contribution in [0.5, 0.6) is 0 Å². The van der Waals surface area contributed by atoms with Crippen molar-refractivity contribution in [2.45, 2.75) is 18.1 Å². The lowest BCUT2D eigenvalue weighted by molar-refractivity contribution is 0.472. The minimum absolute atomic E-state index is 0.0746. The molecule has 1 aliphatic heterocycles. The fourth-order valence-electron chi connectivity index (χ4n) is 2.86. The van der Waals surface area contributed by atoms with Gasteiger partial charge in [0.1, 0.15) is 5.82 Å². The van der Waals surface area contributed by atoms with Gasteiger partial charge in [-0.25, -0.2) is 17.1 Å². The number of benzene rings is 2. The summed E-state index contributed by atoms with van der Waals surface area (Å²) in [4.78, 5) is 0. The average molecular weight is 319 g/mol. The van der Waals surface area contributed by atoms with E-state index in [0.717, 1.165) is 6.42 Å². The van der Waals surface area contributed by atoms with Gasteiger partial charge in [-0.1, -0.05) is 42.5 Å². The topological polar surface area (TPSA) is 37.4 Å². The van der Waals surface area contributed by atoms with E-state index in [-0.39, 0.29) is 17.5 Å². The maximum atomic E-state index is 12.9. The lowest BCUT2D eigenvalue weighted by Gasteiger charge is -2.17. The van der Waals surface area contributed by atoms with Crippen LogP contribution in [0.3, 0.4) is 0 Å². The molecule has 0 N–H and O–H groups in total. The first-order valence-electron chi connectivity index (χ1n) is 7.32. The highest BCUT2D eigenvalue weighted by molar-refractivity contribution is 7.88. The molecule has 0 radical (unpaired) electrons. The Morgan fingerprint density at radius 3 is 2.41 bits per heavy atom. The van der Waals surface area contributed by atoms with Crippen molar-refractivity contribution in [2.24, 2.45) is 0 Å². The van der Waals surface area contributed by atoms with Crippen molar-refractivity contribution in [1.29, 1.82) is 0 Å². The van der Waals surface area contributed by atoms with Gasteiger partial charge in [-0.3, -0.25) is 0 Å². The van der Waals surface area contributed by atoms with Gasteiger partial charge < -0.3 is 0 Å². The smallest absolute Gasteiger partial charge is 0.212 e. The van der Waals surface area contributed by atoms with E-state index in [0.29, 0.717) is 18.7 Å². The summed E-state index contributed by atoms with van der Waals surface area (Å²) in [7, 11) is -3.36. The van der Waals surface area contributed by atoms with E-state index in [1.165, 1.54) is 29.8 Å². The van der Waals surface area contributed by atoms with Crippen LogP contribution in [0.4, 0.5) is 4.39 Å². The van der Waals surface area contributed by atoms with Gasteiger partial charge >= 0.3 is 0 Å². The summed E-state index contributed by atoms with van der Waals surface area (Å²) < 4.78 is 39.4. The second-order valence-corrected chi connectivity index (χ2v) is 7.61. The largest absolute Gasteiger partial charge is 0.218 e. The van der Waals surface area contributed by atoms with E-state index in [1.807, 2.05) is 30.3 Å². The molecule has 0 bridgehead atoms. The lowest BCUT2D eigenvalue weighted by Crippen LogP contribution is -2.29. The molecule has 0 saturated carbocycles. The molecule has 1 aliphatic rings. The third kappa shape index (κ3) is 3.36. The standard InChI is InChI=1S/C17H18FNO2S/c18-17-8-6-14(7-9-17)13-22(20,21)19-11-10-16(12-19)15-4-2-1-3-5-15/h1-9,16H,10-13H2. The summed E-state index contributed by atoms with van der Waals surface area (Å²) >= 11 is 0. The molecule has 3 rings (SSSR count). The average Bonchev–Trinajstić information content (AvgIpc) is 3.01. The molecule has 1 heterocycles. The number of sulfonamides is 1. The van der Waals surface area contributed by atoms with Crippen LogP contribution in [0.15, 0.2) is 54.6 Å². The predicted molar refractivity (Wildman–Crippen MR) is 84.4 cm³/mol. The Balaban J connectivity index is 1.70. The third-order valence-corrected chi connectivity index (χ3v) is 5.89. The minimum atomic E-state index is -3.36. The van der Waals surface area contributed by atoms with Crippen molar-refractivity contribution in [3.05, 3.63) is 71.5 Å². The molecular formula is C17H18FNO2S.